The van der Waals surface area contributed by atoms with Crippen LogP contribution in [0, 0.1) is 12.7 Å². The van der Waals surface area contributed by atoms with E-state index in [2.05, 4.69) is 51.4 Å². The number of rotatable bonds is 12. The summed E-state index contributed by atoms with van der Waals surface area (Å²) in [6.07, 6.45) is 1.22. The Morgan fingerprint density at radius 1 is 0.427 bits per heavy atom. The van der Waals surface area contributed by atoms with Crippen LogP contribution in [0.3, 0.4) is 0 Å². The van der Waals surface area contributed by atoms with Crippen LogP contribution in [0.1, 0.15) is 76.4 Å². The number of carbonyl (C=O) groups excluding carboxylic acids is 3. The molecule has 0 radical (unpaired) electrons. The number of H-pyrrole nitrogens is 3. The van der Waals surface area contributed by atoms with Crippen molar-refractivity contribution in [2.45, 2.75) is 71.6 Å². The van der Waals surface area contributed by atoms with Gasteiger partial charge in [0.05, 0.1) is 67.3 Å². The number of aromatic hydroxyl groups is 1. The molecule has 0 bridgehead atoms. The molecule has 11 aromatic carbocycles. The number of nitrogens with one attached hydrogen (secondary N) is 3. The lowest BCUT2D eigenvalue weighted by molar-refractivity contribution is -0.120. The van der Waals surface area contributed by atoms with Gasteiger partial charge in [-0.25, -0.2) is 18.8 Å². The third-order valence-electron chi connectivity index (χ3n) is 20.8. The number of benzodiazepines with no additional fused rings is 3. The molecule has 3 aliphatic heterocycles. The van der Waals surface area contributed by atoms with E-state index in [-0.39, 0.29) is 57.8 Å². The Labute approximate surface area is 645 Å². The van der Waals surface area contributed by atoms with E-state index in [9.17, 15) is 33.9 Å². The highest BCUT2D eigenvalue weighted by atomic mass is 35.5. The zero-order valence-corrected chi connectivity index (χ0v) is 63.3. The van der Waals surface area contributed by atoms with Crippen molar-refractivity contribution >= 4 is 141 Å². The van der Waals surface area contributed by atoms with Gasteiger partial charge in [-0.3, -0.25) is 43.1 Å². The molecule has 17 rings (SSSR count). The van der Waals surface area contributed by atoms with Gasteiger partial charge in [-0.15, -0.1) is 0 Å². The average molecular weight is 1520 g/mol. The topological polar surface area (TPSA) is 232 Å². The van der Waals surface area contributed by atoms with Crippen LogP contribution < -0.4 is 31.8 Å². The Hall–Kier alpha value is -12.2. The smallest absolute Gasteiger partial charge is 0.326 e. The number of aryl methyl sites for hydroxylation is 4. The van der Waals surface area contributed by atoms with Gasteiger partial charge in [0.1, 0.15) is 29.7 Å². The van der Waals surface area contributed by atoms with Crippen LogP contribution in [0.5, 0.6) is 5.75 Å². The Kier molecular flexibility index (Phi) is 20.0. The van der Waals surface area contributed by atoms with Crippen molar-refractivity contribution in [2.75, 3.05) is 34.8 Å². The summed E-state index contributed by atoms with van der Waals surface area (Å²) < 4.78 is 20.2. The second kappa shape index (κ2) is 30.1. The molecule has 4 N–H and O–H groups in total. The molecule has 19 nitrogen and oxygen atoms in total. The molecule has 23 heteroatoms. The van der Waals surface area contributed by atoms with Gasteiger partial charge in [-0.2, -0.15) is 0 Å². The average Bonchev–Trinajstić information content (AvgIpc) is 1.60. The third kappa shape index (κ3) is 13.9. The van der Waals surface area contributed by atoms with Crippen molar-refractivity contribution in [3.05, 3.63) is 314 Å². The molecule has 0 aliphatic carbocycles. The molecule has 552 valence electrons. The van der Waals surface area contributed by atoms with Gasteiger partial charge in [0.25, 0.3) is 17.7 Å². The summed E-state index contributed by atoms with van der Waals surface area (Å²) >= 11 is 19.1. The molecule has 3 aliphatic rings. The minimum Gasteiger partial charge on any atom is -0.506 e. The maximum Gasteiger partial charge on any atom is 0.326 e. The first-order chi connectivity index (χ1) is 53.0. The summed E-state index contributed by atoms with van der Waals surface area (Å²) in [5.74, 6) is -1.25. The third-order valence-corrected chi connectivity index (χ3v) is 21.5. The maximum atomic E-state index is 15.5. The minimum absolute atomic E-state index is 0.0487. The van der Waals surface area contributed by atoms with E-state index in [0.29, 0.717) is 104 Å². The lowest BCUT2D eigenvalue weighted by atomic mass is 9.98. The van der Waals surface area contributed by atoms with Crippen molar-refractivity contribution in [3.8, 4) is 5.75 Å². The number of likely N-dealkylation sites (N-methyl/N-ethyl adjacent to an activating group) is 3. The van der Waals surface area contributed by atoms with Gasteiger partial charge in [0.2, 0.25) is 0 Å². The molecule has 3 unspecified atom stereocenters. The lowest BCUT2D eigenvalue weighted by Crippen LogP contribution is -2.39. The Morgan fingerprint density at radius 3 is 1.53 bits per heavy atom. The van der Waals surface area contributed by atoms with Crippen LogP contribution in [0.25, 0.3) is 54.6 Å². The van der Waals surface area contributed by atoms with Gasteiger partial charge in [0.15, 0.2) is 0 Å². The van der Waals surface area contributed by atoms with Crippen molar-refractivity contribution in [2.24, 2.45) is 29.1 Å². The predicted octanol–water partition coefficient (Wildman–Crippen LogP) is 15.6. The fraction of sp³-hybridized carbons (Fsp3) is 0.184. The predicted molar refractivity (Wildman–Crippen MR) is 439 cm³/mol. The lowest BCUT2D eigenvalue weighted by Gasteiger charge is -2.24. The molecule has 6 heterocycles. The molecule has 3 atom stereocenters. The Balaban J connectivity index is 0.000000131. The van der Waals surface area contributed by atoms with Gasteiger partial charge in [-0.1, -0.05) is 162 Å². The van der Waals surface area contributed by atoms with Crippen LogP contribution in [0.15, 0.2) is 236 Å². The van der Waals surface area contributed by atoms with Crippen LogP contribution in [-0.2, 0) is 54.3 Å². The molecular formula is C87H74Cl3FN12O7. The fourth-order valence-corrected chi connectivity index (χ4v) is 15.7. The number of halogens is 4. The summed E-state index contributed by atoms with van der Waals surface area (Å²) in [5, 5.41) is 16.4. The van der Waals surface area contributed by atoms with Crippen molar-refractivity contribution < 1.29 is 23.9 Å². The number of fused-ring (bicyclic) bond motifs is 8. The first-order valence-corrected chi connectivity index (χ1v) is 37.2. The van der Waals surface area contributed by atoms with E-state index in [1.807, 2.05) is 167 Å². The first-order valence-electron chi connectivity index (χ1n) is 36.1. The summed E-state index contributed by atoms with van der Waals surface area (Å²) in [6, 6.07) is 62.7. The number of nitrogens with zero attached hydrogens (tertiary/aromatic N) is 9. The number of anilines is 3. The van der Waals surface area contributed by atoms with Gasteiger partial charge >= 0.3 is 17.1 Å². The van der Waals surface area contributed by atoms with E-state index in [1.54, 1.807) is 48.8 Å². The molecule has 0 saturated carbocycles. The number of aromatic amines is 3. The van der Waals surface area contributed by atoms with Crippen LogP contribution in [0.4, 0.5) is 21.5 Å². The van der Waals surface area contributed by atoms with Gasteiger partial charge in [0, 0.05) is 115 Å². The largest absolute Gasteiger partial charge is 0.506 e. The van der Waals surface area contributed by atoms with Crippen LogP contribution >= 0.6 is 34.8 Å². The van der Waals surface area contributed by atoms with Gasteiger partial charge < -0.3 is 34.8 Å². The number of hydrogen-bond donors (Lipinski definition) is 4. The normalized spacial score (nSPS) is 15.7. The summed E-state index contributed by atoms with van der Waals surface area (Å²) in [6.45, 7) is 9.06. The zero-order chi connectivity index (χ0) is 77.1. The number of aliphatic imine (C=N–C) groups is 3. The number of phenolic OH excluding ortho intramolecular Hbond substituents is 1. The molecule has 0 saturated heterocycles. The van der Waals surface area contributed by atoms with E-state index in [0.717, 1.165) is 77.2 Å². The minimum atomic E-state index is -0.790. The standard InChI is InChI=1S/C31H27ClN4O2.C30H24ClFN4O2.C26H23ClN4O3/c1-3-35-27-14-12-23(32)18-24(27)29(22-11-13-25-28(17-22)36(4-2)31(38)34-25)33-26(30(35)37)16-19-9-10-20-7-5-6-8-21(20)15-19;1-3-36-28-22(15-21(31)16-23(28)32)27(20-10-11-26-24(14-20)34-30(38)35(26)2)33-25(29(36)37)13-17-8-9-18-6-4-5-7-19(18)12-17;1-14-6-4-5-7-15(14)10-20-25(33)31(3)24-18(12-17(27)13-22(24)32)23(28-20)16-8-9-19-21(11-16)30(2)26(34)29-19/h5-15,17-18,26H,3-4,16H2,1-2H3,(H,34,38);4-12,14-16,25H,3,13H2,1-2H3,(H,34,38);4-9,11-13,20,32H,10H2,1-3H3,(H,29,34). The zero-order valence-electron chi connectivity index (χ0n) is 61.0. The van der Waals surface area contributed by atoms with Crippen LogP contribution in [0.2, 0.25) is 15.1 Å². The number of imidazole rings is 3. The van der Waals surface area contributed by atoms with E-state index in [1.165, 1.54) is 31.1 Å². The number of amides is 3. The second-order valence-corrected chi connectivity index (χ2v) is 28.9. The first kappa shape index (κ1) is 73.3. The van der Waals surface area contributed by atoms with Crippen molar-refractivity contribution in [3.63, 3.8) is 0 Å². The number of carbonyl (C=O) groups is 3. The quantitative estimate of drug-likeness (QED) is 0.0923. The van der Waals surface area contributed by atoms with E-state index < -0.39 is 23.9 Å². The molecular weight excluding hydrogens is 1450 g/mol. The SMILES string of the molecule is CCN1C(=O)C(Cc2ccc3ccccc3c2)N=C(c2ccc3[nH]c(=O)n(CC)c3c2)c2cc(Cl)ccc21.CCN1C(=O)C(Cc2ccc3ccccc3c2)N=C(c2ccc3c(c2)[nH]c(=O)n3C)c2cc(Cl)cc(F)c21.Cc1ccccc1CC1N=C(c2ccc3[nH]c(=O)n(C)c3c2)c2cc(Cl)cc(O)c2N(C)C1=O. The van der Waals surface area contributed by atoms with Crippen molar-refractivity contribution in [1.29, 1.82) is 0 Å². The summed E-state index contributed by atoms with van der Waals surface area (Å²) in [7, 11) is 5.01. The maximum absolute atomic E-state index is 15.5. The Morgan fingerprint density at radius 2 is 0.918 bits per heavy atom. The fourth-order valence-electron chi connectivity index (χ4n) is 15.2. The molecule has 0 spiro atoms. The van der Waals surface area contributed by atoms with Gasteiger partial charge in [-0.05, 0) is 144 Å². The highest BCUT2D eigenvalue weighted by Crippen LogP contribution is 2.41. The number of hydrogen-bond acceptors (Lipinski definition) is 10. The summed E-state index contributed by atoms with van der Waals surface area (Å²) in [5.41, 5.74) is 14.7. The molecule has 110 heavy (non-hydrogen) atoms. The molecule has 14 aromatic rings. The van der Waals surface area contributed by atoms with E-state index >= 15 is 4.39 Å². The second-order valence-electron chi connectivity index (χ2n) is 27.6. The molecule has 3 aromatic heterocycles. The molecule has 0 fully saturated rings. The van der Waals surface area contributed by atoms with Crippen LogP contribution in [-0.4, -0.2) is 107 Å². The highest BCUT2D eigenvalue weighted by molar-refractivity contribution is 6.34. The van der Waals surface area contributed by atoms with E-state index in [4.69, 9.17) is 49.8 Å². The Bertz CT molecular complexity index is 6400. The highest BCUT2D eigenvalue weighted by Gasteiger charge is 2.37. The number of phenols is 1. The summed E-state index contributed by atoms with van der Waals surface area (Å²) in [4.78, 5) is 106. The number of benzene rings is 11. The molecule has 3 amide bonds. The van der Waals surface area contributed by atoms with Crippen molar-refractivity contribution in [1.82, 2.24) is 28.7 Å². The number of aromatic nitrogens is 6. The monoisotopic (exact) mass is 1520 g/mol.